The minimum Gasteiger partial charge on any atom is -0.310 e. The Labute approximate surface area is 128 Å². The van der Waals surface area contributed by atoms with Crippen molar-refractivity contribution in [2.45, 2.75) is 51.6 Å². The minimum atomic E-state index is 0.680. The van der Waals surface area contributed by atoms with Crippen LogP contribution in [0.3, 0.4) is 0 Å². The van der Waals surface area contributed by atoms with Crippen LogP contribution in [0.2, 0.25) is 0 Å². The lowest BCUT2D eigenvalue weighted by molar-refractivity contribution is 0.288. The van der Waals surface area contributed by atoms with Gasteiger partial charge in [-0.05, 0) is 54.4 Å². The third-order valence-corrected chi connectivity index (χ3v) is 4.85. The molecule has 0 aliphatic heterocycles. The Morgan fingerprint density at radius 1 is 0.952 bits per heavy atom. The Balaban J connectivity index is 1.53. The summed E-state index contributed by atoms with van der Waals surface area (Å²) in [5, 5.41) is 3.73. The molecule has 2 aromatic carbocycles. The highest BCUT2D eigenvalue weighted by molar-refractivity contribution is 5.31. The molecule has 1 aliphatic carbocycles. The predicted molar refractivity (Wildman–Crippen MR) is 89.6 cm³/mol. The first kappa shape index (κ1) is 14.3. The summed E-state index contributed by atoms with van der Waals surface area (Å²) >= 11 is 0. The molecule has 0 bridgehead atoms. The van der Waals surface area contributed by atoms with Gasteiger partial charge in [-0.1, -0.05) is 55.5 Å². The van der Waals surface area contributed by atoms with Crippen LogP contribution >= 0.6 is 0 Å². The fourth-order valence-corrected chi connectivity index (χ4v) is 3.41. The zero-order valence-electron chi connectivity index (χ0n) is 13.1. The summed E-state index contributed by atoms with van der Waals surface area (Å²) in [5.74, 6) is 0.755. The van der Waals surface area contributed by atoms with Gasteiger partial charge in [-0.3, -0.25) is 0 Å². The van der Waals surface area contributed by atoms with Crippen molar-refractivity contribution in [3.05, 3.63) is 70.8 Å². The van der Waals surface area contributed by atoms with E-state index in [1.807, 2.05) is 0 Å². The zero-order valence-corrected chi connectivity index (χ0v) is 13.1. The van der Waals surface area contributed by atoms with E-state index in [0.717, 1.165) is 18.9 Å². The molecule has 1 N–H and O–H groups in total. The van der Waals surface area contributed by atoms with Gasteiger partial charge in [0.05, 0.1) is 0 Å². The van der Waals surface area contributed by atoms with Crippen LogP contribution in [0.15, 0.2) is 48.5 Å². The van der Waals surface area contributed by atoms with E-state index in [9.17, 15) is 0 Å². The average Bonchev–Trinajstić information content (AvgIpc) is 2.47. The standard InChI is InChI=1S/C20H25N/c1-3-16-9-5-6-10-17(16)14-21-19-12-18(13-19)20-11-7-4-8-15(20)2/h4-11,18-19,21H,3,12-14H2,1-2H3. The number of rotatable bonds is 5. The number of nitrogens with one attached hydrogen (secondary N) is 1. The van der Waals surface area contributed by atoms with Crippen LogP contribution in [0.1, 0.15) is 47.9 Å². The Kier molecular flexibility index (Phi) is 4.40. The molecule has 0 amide bonds. The Morgan fingerprint density at radius 3 is 2.33 bits per heavy atom. The first-order valence-electron chi connectivity index (χ1n) is 8.13. The van der Waals surface area contributed by atoms with Crippen molar-refractivity contribution < 1.29 is 0 Å². The molecule has 0 unspecified atom stereocenters. The molecular formula is C20H25N. The molecule has 1 fully saturated rings. The van der Waals surface area contributed by atoms with E-state index in [2.05, 4.69) is 67.7 Å². The van der Waals surface area contributed by atoms with E-state index in [4.69, 9.17) is 0 Å². The Hall–Kier alpha value is -1.60. The van der Waals surface area contributed by atoms with Gasteiger partial charge >= 0.3 is 0 Å². The summed E-state index contributed by atoms with van der Waals surface area (Å²) in [6.07, 6.45) is 3.67. The molecule has 3 rings (SSSR count). The predicted octanol–water partition coefficient (Wildman–Crippen LogP) is 4.59. The number of benzene rings is 2. The Morgan fingerprint density at radius 2 is 1.62 bits per heavy atom. The monoisotopic (exact) mass is 279 g/mol. The molecule has 0 aromatic heterocycles. The highest BCUT2D eigenvalue weighted by Gasteiger charge is 2.30. The molecule has 0 radical (unpaired) electrons. The van der Waals surface area contributed by atoms with Crippen molar-refractivity contribution in [1.29, 1.82) is 0 Å². The smallest absolute Gasteiger partial charge is 0.0210 e. The molecule has 110 valence electrons. The molecule has 21 heavy (non-hydrogen) atoms. The minimum absolute atomic E-state index is 0.680. The van der Waals surface area contributed by atoms with Gasteiger partial charge in [0.2, 0.25) is 0 Å². The summed E-state index contributed by atoms with van der Waals surface area (Å²) in [7, 11) is 0. The fourth-order valence-electron chi connectivity index (χ4n) is 3.41. The largest absolute Gasteiger partial charge is 0.310 e. The molecule has 0 heterocycles. The maximum atomic E-state index is 3.73. The van der Waals surface area contributed by atoms with E-state index in [0.29, 0.717) is 6.04 Å². The maximum absolute atomic E-state index is 3.73. The molecule has 0 spiro atoms. The van der Waals surface area contributed by atoms with Crippen molar-refractivity contribution >= 4 is 0 Å². The zero-order chi connectivity index (χ0) is 14.7. The van der Waals surface area contributed by atoms with Gasteiger partial charge in [-0.25, -0.2) is 0 Å². The van der Waals surface area contributed by atoms with E-state index in [1.54, 1.807) is 5.56 Å². The van der Waals surface area contributed by atoms with Crippen molar-refractivity contribution in [3.63, 3.8) is 0 Å². The lowest BCUT2D eigenvalue weighted by Crippen LogP contribution is -2.40. The fraction of sp³-hybridized carbons (Fsp3) is 0.400. The van der Waals surface area contributed by atoms with Crippen molar-refractivity contribution in [3.8, 4) is 0 Å². The third-order valence-electron chi connectivity index (χ3n) is 4.85. The highest BCUT2D eigenvalue weighted by Crippen LogP contribution is 2.38. The first-order valence-corrected chi connectivity index (χ1v) is 8.13. The van der Waals surface area contributed by atoms with Gasteiger partial charge in [-0.2, -0.15) is 0 Å². The molecular weight excluding hydrogens is 254 g/mol. The highest BCUT2D eigenvalue weighted by atomic mass is 14.9. The van der Waals surface area contributed by atoms with Gasteiger partial charge in [0, 0.05) is 12.6 Å². The average molecular weight is 279 g/mol. The SMILES string of the molecule is CCc1ccccc1CNC1CC(c2ccccc2C)C1. The lowest BCUT2D eigenvalue weighted by atomic mass is 9.74. The summed E-state index contributed by atoms with van der Waals surface area (Å²) in [4.78, 5) is 0. The van der Waals surface area contributed by atoms with Gasteiger partial charge in [0.1, 0.15) is 0 Å². The summed E-state index contributed by atoms with van der Waals surface area (Å²) in [6.45, 7) is 5.47. The van der Waals surface area contributed by atoms with Crippen molar-refractivity contribution in [1.82, 2.24) is 5.32 Å². The molecule has 1 saturated carbocycles. The number of hydrogen-bond donors (Lipinski definition) is 1. The van der Waals surface area contributed by atoms with Crippen LogP contribution in [0, 0.1) is 6.92 Å². The second-order valence-corrected chi connectivity index (χ2v) is 6.23. The molecule has 0 atom stereocenters. The van der Waals surface area contributed by atoms with Crippen LogP contribution in [0.25, 0.3) is 0 Å². The molecule has 2 aromatic rings. The van der Waals surface area contributed by atoms with E-state index >= 15 is 0 Å². The van der Waals surface area contributed by atoms with Crippen LogP contribution in [-0.4, -0.2) is 6.04 Å². The van der Waals surface area contributed by atoms with Crippen molar-refractivity contribution in [2.24, 2.45) is 0 Å². The van der Waals surface area contributed by atoms with E-state index in [-0.39, 0.29) is 0 Å². The van der Waals surface area contributed by atoms with E-state index in [1.165, 1.54) is 29.5 Å². The van der Waals surface area contributed by atoms with Gasteiger partial charge in [-0.15, -0.1) is 0 Å². The number of aryl methyl sites for hydroxylation is 2. The topological polar surface area (TPSA) is 12.0 Å². The molecule has 1 nitrogen and oxygen atoms in total. The summed E-state index contributed by atoms with van der Waals surface area (Å²) in [5.41, 5.74) is 5.92. The molecule has 1 heteroatoms. The van der Waals surface area contributed by atoms with Gasteiger partial charge in [0.25, 0.3) is 0 Å². The van der Waals surface area contributed by atoms with Crippen LogP contribution < -0.4 is 5.32 Å². The quantitative estimate of drug-likeness (QED) is 0.844. The third kappa shape index (κ3) is 3.19. The van der Waals surface area contributed by atoms with Gasteiger partial charge in [0.15, 0.2) is 0 Å². The first-order chi connectivity index (χ1) is 10.3. The van der Waals surface area contributed by atoms with E-state index < -0.39 is 0 Å². The van der Waals surface area contributed by atoms with Crippen molar-refractivity contribution in [2.75, 3.05) is 0 Å². The lowest BCUT2D eigenvalue weighted by Gasteiger charge is -2.37. The second kappa shape index (κ2) is 6.44. The normalized spacial score (nSPS) is 21.0. The van der Waals surface area contributed by atoms with Crippen LogP contribution in [-0.2, 0) is 13.0 Å². The molecule has 1 aliphatic rings. The molecule has 0 saturated heterocycles. The summed E-state index contributed by atoms with van der Waals surface area (Å²) < 4.78 is 0. The van der Waals surface area contributed by atoms with Gasteiger partial charge < -0.3 is 5.32 Å². The second-order valence-electron chi connectivity index (χ2n) is 6.23. The number of hydrogen-bond acceptors (Lipinski definition) is 1. The Bertz CT molecular complexity index is 596. The van der Waals surface area contributed by atoms with Crippen LogP contribution in [0.5, 0.6) is 0 Å². The summed E-state index contributed by atoms with van der Waals surface area (Å²) in [6, 6.07) is 18.3. The van der Waals surface area contributed by atoms with Crippen LogP contribution in [0.4, 0.5) is 0 Å². The maximum Gasteiger partial charge on any atom is 0.0210 e.